The van der Waals surface area contributed by atoms with Crippen LogP contribution in [0.2, 0.25) is 5.02 Å². The number of rotatable bonds is 1. The molecule has 2 aromatic rings. The first-order valence-electron chi connectivity index (χ1n) is 5.43. The van der Waals surface area contributed by atoms with Crippen LogP contribution in [-0.4, -0.2) is 15.7 Å². The summed E-state index contributed by atoms with van der Waals surface area (Å²) in [5.41, 5.74) is -1.63. The number of benzene rings is 1. The highest BCUT2D eigenvalue weighted by molar-refractivity contribution is 7.71. The molecule has 0 amide bonds. The van der Waals surface area contributed by atoms with Crippen molar-refractivity contribution in [3.8, 4) is 0 Å². The Kier molecular flexibility index (Phi) is 2.54. The molecule has 19 heavy (non-hydrogen) atoms. The number of hydrogen-bond donors (Lipinski definition) is 1. The van der Waals surface area contributed by atoms with E-state index >= 15 is 0 Å². The summed E-state index contributed by atoms with van der Waals surface area (Å²) in [4.78, 5) is 2.64. The minimum Gasteiger partial charge on any atom is -0.330 e. The van der Waals surface area contributed by atoms with Gasteiger partial charge in [0, 0.05) is 6.07 Å². The van der Waals surface area contributed by atoms with Crippen molar-refractivity contribution in [1.29, 1.82) is 0 Å². The normalized spacial score (nSPS) is 17.9. The van der Waals surface area contributed by atoms with Gasteiger partial charge in [-0.15, -0.1) is 0 Å². The zero-order valence-corrected chi connectivity index (χ0v) is 10.9. The van der Waals surface area contributed by atoms with E-state index in [9.17, 15) is 17.6 Å². The van der Waals surface area contributed by atoms with Crippen molar-refractivity contribution < 1.29 is 17.6 Å². The Morgan fingerprint density at radius 3 is 2.47 bits per heavy atom. The van der Waals surface area contributed by atoms with E-state index in [2.05, 4.69) is 4.98 Å². The average molecular weight is 311 g/mol. The van der Waals surface area contributed by atoms with Crippen LogP contribution in [0.4, 0.5) is 17.6 Å². The fourth-order valence-electron chi connectivity index (χ4n) is 2.28. The van der Waals surface area contributed by atoms with E-state index in [0.717, 1.165) is 10.6 Å². The van der Waals surface area contributed by atoms with E-state index in [0.29, 0.717) is 5.52 Å². The van der Waals surface area contributed by atoms with Crippen LogP contribution >= 0.6 is 23.8 Å². The van der Waals surface area contributed by atoms with Gasteiger partial charge < -0.3 is 9.55 Å². The van der Waals surface area contributed by atoms with Gasteiger partial charge in [-0.25, -0.2) is 4.39 Å². The van der Waals surface area contributed by atoms with Gasteiger partial charge in [0.25, 0.3) is 0 Å². The predicted molar refractivity (Wildman–Crippen MR) is 65.4 cm³/mol. The fraction of sp³-hybridized carbons (Fsp3) is 0.364. The molecule has 0 saturated heterocycles. The average Bonchev–Trinajstić information content (AvgIpc) is 3.01. The zero-order chi connectivity index (χ0) is 14.0. The molecule has 1 aromatic heterocycles. The van der Waals surface area contributed by atoms with Crippen LogP contribution in [-0.2, 0) is 5.54 Å². The zero-order valence-electron chi connectivity index (χ0n) is 9.31. The molecule has 1 fully saturated rings. The van der Waals surface area contributed by atoms with Crippen LogP contribution in [0.1, 0.15) is 12.8 Å². The van der Waals surface area contributed by atoms with E-state index in [1.165, 1.54) is 6.07 Å². The van der Waals surface area contributed by atoms with Crippen LogP contribution in [0, 0.1) is 10.6 Å². The van der Waals surface area contributed by atoms with Gasteiger partial charge in [-0.1, -0.05) is 11.6 Å². The number of fused-ring (bicyclic) bond motifs is 1. The first-order chi connectivity index (χ1) is 8.76. The monoisotopic (exact) mass is 310 g/mol. The number of nitrogens with zero attached hydrogens (tertiary/aromatic N) is 1. The highest BCUT2D eigenvalue weighted by Crippen LogP contribution is 2.56. The van der Waals surface area contributed by atoms with Crippen molar-refractivity contribution in [1.82, 2.24) is 9.55 Å². The SMILES string of the molecule is Fc1cc2c(cc1Cl)[nH]c(=S)n2C1(C(F)(F)F)CC1. The lowest BCUT2D eigenvalue weighted by atomic mass is 10.2. The largest absolute Gasteiger partial charge is 0.412 e. The molecule has 0 spiro atoms. The second kappa shape index (κ2) is 3.73. The first kappa shape index (κ1) is 12.9. The molecule has 0 bridgehead atoms. The lowest BCUT2D eigenvalue weighted by Gasteiger charge is -2.21. The predicted octanol–water partition coefficient (Wildman–Crippen LogP) is 4.54. The maximum atomic E-state index is 13.5. The molecule has 1 aliphatic carbocycles. The van der Waals surface area contributed by atoms with Crippen LogP contribution in [0.5, 0.6) is 0 Å². The molecule has 3 rings (SSSR count). The second-order valence-corrected chi connectivity index (χ2v) is 5.37. The van der Waals surface area contributed by atoms with Crippen molar-refractivity contribution >= 4 is 34.9 Å². The minimum atomic E-state index is -4.42. The Labute approximate surface area is 115 Å². The molecule has 1 saturated carbocycles. The molecule has 102 valence electrons. The van der Waals surface area contributed by atoms with Crippen LogP contribution in [0.15, 0.2) is 12.1 Å². The van der Waals surface area contributed by atoms with Gasteiger partial charge >= 0.3 is 6.18 Å². The summed E-state index contributed by atoms with van der Waals surface area (Å²) in [7, 11) is 0. The molecule has 8 heteroatoms. The maximum Gasteiger partial charge on any atom is 0.412 e. The van der Waals surface area contributed by atoms with E-state index in [-0.39, 0.29) is 28.2 Å². The summed E-state index contributed by atoms with van der Waals surface area (Å²) in [5, 5.41) is -0.159. The van der Waals surface area contributed by atoms with Gasteiger partial charge in [0.1, 0.15) is 11.4 Å². The number of aromatic amines is 1. The van der Waals surface area contributed by atoms with Gasteiger partial charge in [0.2, 0.25) is 0 Å². The Bertz CT molecular complexity index is 727. The number of nitrogens with one attached hydrogen (secondary N) is 1. The van der Waals surface area contributed by atoms with Crippen molar-refractivity contribution in [3.63, 3.8) is 0 Å². The van der Waals surface area contributed by atoms with Gasteiger partial charge in [-0.05, 0) is 31.1 Å². The molecular weight excluding hydrogens is 304 g/mol. The molecule has 1 aromatic carbocycles. The Hall–Kier alpha value is -1.08. The molecule has 0 aliphatic heterocycles. The highest BCUT2D eigenvalue weighted by Gasteiger charge is 2.65. The highest BCUT2D eigenvalue weighted by atomic mass is 35.5. The van der Waals surface area contributed by atoms with Crippen LogP contribution < -0.4 is 0 Å². The van der Waals surface area contributed by atoms with Gasteiger partial charge in [-0.2, -0.15) is 13.2 Å². The standard InChI is InChI=1S/C11H7ClF4N2S/c12-5-3-7-8(4-6(5)13)18(9(19)17-7)10(1-2-10)11(14,15)16/h3-4H,1-2H2,(H,17,19). The molecule has 0 unspecified atom stereocenters. The molecular formula is C11H7ClF4N2S. The molecule has 1 N–H and O–H groups in total. The fourth-order valence-corrected chi connectivity index (χ4v) is 2.83. The van der Waals surface area contributed by atoms with Crippen molar-refractivity contribution in [2.24, 2.45) is 0 Å². The third-order valence-electron chi connectivity index (χ3n) is 3.40. The summed E-state index contributed by atoms with van der Waals surface area (Å²) < 4.78 is 53.8. The molecule has 2 nitrogen and oxygen atoms in total. The second-order valence-electron chi connectivity index (χ2n) is 4.58. The topological polar surface area (TPSA) is 20.7 Å². The Balaban J connectivity index is 2.34. The molecule has 1 heterocycles. The van der Waals surface area contributed by atoms with Gasteiger partial charge in [-0.3, -0.25) is 0 Å². The number of alkyl halides is 3. The van der Waals surface area contributed by atoms with Gasteiger partial charge in [0.05, 0.1) is 16.1 Å². The summed E-state index contributed by atoms with van der Waals surface area (Å²) in [6.45, 7) is 0. The lowest BCUT2D eigenvalue weighted by Crippen LogP contribution is -2.34. The van der Waals surface area contributed by atoms with E-state index in [4.69, 9.17) is 23.8 Å². The van der Waals surface area contributed by atoms with E-state index in [1.54, 1.807) is 0 Å². The van der Waals surface area contributed by atoms with Crippen LogP contribution in [0.3, 0.4) is 0 Å². The maximum absolute atomic E-state index is 13.5. The molecule has 1 aliphatic rings. The number of imidazole rings is 1. The molecule has 0 radical (unpaired) electrons. The summed E-state index contributed by atoms with van der Waals surface area (Å²) in [6.07, 6.45) is -4.53. The third-order valence-corrected chi connectivity index (χ3v) is 3.98. The Morgan fingerprint density at radius 1 is 1.32 bits per heavy atom. The smallest absolute Gasteiger partial charge is 0.330 e. The Morgan fingerprint density at radius 2 is 1.95 bits per heavy atom. The first-order valence-corrected chi connectivity index (χ1v) is 6.22. The summed E-state index contributed by atoms with van der Waals surface area (Å²) in [5.74, 6) is -0.769. The molecule has 0 atom stereocenters. The quantitative estimate of drug-likeness (QED) is 0.605. The summed E-state index contributed by atoms with van der Waals surface area (Å²) in [6, 6.07) is 2.22. The van der Waals surface area contributed by atoms with Crippen LogP contribution in [0.25, 0.3) is 11.0 Å². The van der Waals surface area contributed by atoms with Gasteiger partial charge in [0.15, 0.2) is 4.77 Å². The number of halogens is 5. The van der Waals surface area contributed by atoms with Crippen molar-refractivity contribution in [2.45, 2.75) is 24.6 Å². The number of H-pyrrole nitrogens is 1. The summed E-state index contributed by atoms with van der Waals surface area (Å²) >= 11 is 10.5. The van der Waals surface area contributed by atoms with Crippen molar-refractivity contribution in [2.75, 3.05) is 0 Å². The lowest BCUT2D eigenvalue weighted by molar-refractivity contribution is -0.179. The number of hydrogen-bond acceptors (Lipinski definition) is 1. The minimum absolute atomic E-state index is 0.0536. The van der Waals surface area contributed by atoms with E-state index < -0.39 is 17.5 Å². The number of aromatic nitrogens is 2. The van der Waals surface area contributed by atoms with E-state index in [1.807, 2.05) is 0 Å². The third kappa shape index (κ3) is 1.71. The van der Waals surface area contributed by atoms with Crippen molar-refractivity contribution in [3.05, 3.63) is 27.7 Å².